The Balaban J connectivity index is 2.25. The van der Waals surface area contributed by atoms with Gasteiger partial charge in [0.25, 0.3) is 0 Å². The number of thioether (sulfide) groups is 1. The van der Waals surface area contributed by atoms with E-state index in [4.69, 9.17) is 21.9 Å². The highest BCUT2D eigenvalue weighted by Gasteiger charge is 2.44. The summed E-state index contributed by atoms with van der Waals surface area (Å²) in [6, 6.07) is 4.10. The molecule has 1 aliphatic rings. The summed E-state index contributed by atoms with van der Waals surface area (Å²) in [6.07, 6.45) is -3.48. The van der Waals surface area contributed by atoms with E-state index < -0.39 is 36.4 Å². The lowest BCUT2D eigenvalue weighted by Crippen LogP contribution is -2.56. The van der Waals surface area contributed by atoms with E-state index in [0.29, 0.717) is 9.92 Å². The molecule has 0 aromatic heterocycles. The normalized spacial score (nSPS) is 31.6. The second-order valence-corrected chi connectivity index (χ2v) is 7.06. The molecule has 1 saturated heterocycles. The van der Waals surface area contributed by atoms with Crippen molar-refractivity contribution < 1.29 is 20.1 Å². The maximum Gasteiger partial charge on any atom is 0.134 e. The summed E-state index contributed by atoms with van der Waals surface area (Å²) in [4.78, 5) is 3.27. The number of aliphatic hydroxyl groups excluding tert-OH is 3. The zero-order chi connectivity index (χ0) is 16.3. The third-order valence-corrected chi connectivity index (χ3v) is 5.32. The number of hydrogen-bond donors (Lipinski definition) is 3. The van der Waals surface area contributed by atoms with E-state index in [2.05, 4.69) is 26.0 Å². The van der Waals surface area contributed by atoms with Gasteiger partial charge in [0.15, 0.2) is 0 Å². The second kappa shape index (κ2) is 7.85. The summed E-state index contributed by atoms with van der Waals surface area (Å²) in [5, 5.41) is 33.4. The van der Waals surface area contributed by atoms with E-state index in [1.165, 1.54) is 0 Å². The van der Waals surface area contributed by atoms with Crippen molar-refractivity contribution in [2.75, 3.05) is 6.61 Å². The van der Waals surface area contributed by atoms with Gasteiger partial charge in [-0.3, -0.25) is 0 Å². The van der Waals surface area contributed by atoms with Crippen LogP contribution in [0, 0.1) is 0 Å². The first-order valence-corrected chi connectivity index (χ1v) is 8.31. The fraction of sp³-hybridized carbons (Fsp3) is 0.500. The third-order valence-electron chi connectivity index (χ3n) is 3.17. The molecule has 0 spiro atoms. The van der Waals surface area contributed by atoms with Gasteiger partial charge >= 0.3 is 0 Å². The molecule has 1 heterocycles. The van der Waals surface area contributed by atoms with Gasteiger partial charge in [-0.05, 0) is 23.7 Å². The van der Waals surface area contributed by atoms with Crippen LogP contribution in [0.5, 0.6) is 0 Å². The maximum atomic E-state index is 10.3. The minimum atomic E-state index is -1.29. The Labute approximate surface area is 144 Å². The fourth-order valence-electron chi connectivity index (χ4n) is 2.05. The highest BCUT2D eigenvalue weighted by atomic mass is 79.9. The van der Waals surface area contributed by atoms with Crippen molar-refractivity contribution in [3.63, 3.8) is 0 Å². The molecular formula is C12H13BrClN3O4S. The lowest BCUT2D eigenvalue weighted by Gasteiger charge is -2.40. The van der Waals surface area contributed by atoms with Crippen LogP contribution in [0.3, 0.4) is 0 Å². The molecule has 1 fully saturated rings. The minimum absolute atomic E-state index is 0.464. The quantitative estimate of drug-likeness (QED) is 0.400. The van der Waals surface area contributed by atoms with Crippen LogP contribution in [0.2, 0.25) is 5.02 Å². The highest BCUT2D eigenvalue weighted by Crippen LogP contribution is 2.38. The van der Waals surface area contributed by atoms with E-state index in [0.717, 1.165) is 16.2 Å². The molecule has 0 aliphatic carbocycles. The summed E-state index contributed by atoms with van der Waals surface area (Å²) in [6.45, 7) is -0.464. The number of azide groups is 1. The number of aliphatic hydroxyl groups is 3. The summed E-state index contributed by atoms with van der Waals surface area (Å²) in [5.74, 6) is 0. The van der Waals surface area contributed by atoms with Gasteiger partial charge in [-0.2, -0.15) is 0 Å². The van der Waals surface area contributed by atoms with Crippen molar-refractivity contribution in [1.29, 1.82) is 0 Å². The van der Waals surface area contributed by atoms with Gasteiger partial charge in [-0.1, -0.05) is 44.4 Å². The molecule has 120 valence electrons. The van der Waals surface area contributed by atoms with Crippen LogP contribution in [0.25, 0.3) is 10.4 Å². The van der Waals surface area contributed by atoms with Crippen LogP contribution < -0.4 is 0 Å². The zero-order valence-electron chi connectivity index (χ0n) is 11.1. The van der Waals surface area contributed by atoms with Crippen molar-refractivity contribution in [2.24, 2.45) is 5.11 Å². The number of rotatable bonds is 4. The molecule has 2 rings (SSSR count). The summed E-state index contributed by atoms with van der Waals surface area (Å²) in [5.41, 5.74) is 7.72. The van der Waals surface area contributed by atoms with Gasteiger partial charge in [0.2, 0.25) is 0 Å². The van der Waals surface area contributed by atoms with Crippen LogP contribution >= 0.6 is 39.3 Å². The van der Waals surface area contributed by atoms with E-state index in [9.17, 15) is 15.3 Å². The monoisotopic (exact) mass is 409 g/mol. The fourth-order valence-corrected chi connectivity index (χ4v) is 3.94. The molecule has 3 N–H and O–H groups in total. The predicted molar refractivity (Wildman–Crippen MR) is 85.7 cm³/mol. The van der Waals surface area contributed by atoms with Crippen LogP contribution in [0.4, 0.5) is 0 Å². The number of nitrogens with zero attached hydrogens (tertiary/aromatic N) is 3. The van der Waals surface area contributed by atoms with Gasteiger partial charge in [-0.25, -0.2) is 0 Å². The minimum Gasteiger partial charge on any atom is -0.394 e. The van der Waals surface area contributed by atoms with Crippen molar-refractivity contribution >= 4 is 39.3 Å². The molecule has 1 aliphatic heterocycles. The Kier molecular flexibility index (Phi) is 6.36. The zero-order valence-corrected chi connectivity index (χ0v) is 14.2. The summed E-state index contributed by atoms with van der Waals surface area (Å²) in [7, 11) is 0. The average Bonchev–Trinajstić information content (AvgIpc) is 2.50. The first-order valence-electron chi connectivity index (χ1n) is 6.26. The molecule has 0 unspecified atom stereocenters. The lowest BCUT2D eigenvalue weighted by molar-refractivity contribution is -0.159. The number of ether oxygens (including phenoxy) is 1. The molecule has 0 amide bonds. The number of benzene rings is 1. The second-order valence-electron chi connectivity index (χ2n) is 4.59. The van der Waals surface area contributed by atoms with Gasteiger partial charge in [0.05, 0.1) is 23.8 Å². The molecule has 0 radical (unpaired) electrons. The summed E-state index contributed by atoms with van der Waals surface area (Å²) >= 11 is 10.6. The third kappa shape index (κ3) is 3.87. The van der Waals surface area contributed by atoms with Gasteiger partial charge in [0.1, 0.15) is 17.6 Å². The van der Waals surface area contributed by atoms with E-state index in [1.807, 2.05) is 0 Å². The summed E-state index contributed by atoms with van der Waals surface area (Å²) < 4.78 is 6.29. The first-order chi connectivity index (χ1) is 10.5. The molecule has 1 aromatic carbocycles. The predicted octanol–water partition coefficient (Wildman–Crippen LogP) is 2.31. The van der Waals surface area contributed by atoms with E-state index in [1.54, 1.807) is 18.2 Å². The van der Waals surface area contributed by atoms with Gasteiger partial charge < -0.3 is 20.1 Å². The Morgan fingerprint density at radius 1 is 1.41 bits per heavy atom. The van der Waals surface area contributed by atoms with Crippen LogP contribution in [0.1, 0.15) is 0 Å². The maximum absolute atomic E-state index is 10.3. The SMILES string of the molecule is [N-]=[N+]=N[C@@H]1[C@@H](O)[C@@H](Sc2cc(Br)ccc2Cl)O[C@H](CO)[C@@H]1O. The lowest BCUT2D eigenvalue weighted by atomic mass is 9.98. The Hall–Kier alpha value is -0.510. The molecule has 5 atom stereocenters. The average molecular weight is 411 g/mol. The molecular weight excluding hydrogens is 398 g/mol. The van der Waals surface area contributed by atoms with Crippen molar-refractivity contribution in [3.8, 4) is 0 Å². The van der Waals surface area contributed by atoms with E-state index in [-0.39, 0.29) is 0 Å². The molecule has 10 heteroatoms. The molecule has 1 aromatic rings. The molecule has 7 nitrogen and oxygen atoms in total. The Morgan fingerprint density at radius 2 is 2.14 bits per heavy atom. The highest BCUT2D eigenvalue weighted by molar-refractivity contribution is 9.10. The first kappa shape index (κ1) is 17.8. The van der Waals surface area contributed by atoms with Gasteiger partial charge in [0, 0.05) is 14.3 Å². The van der Waals surface area contributed by atoms with Crippen molar-refractivity contribution in [3.05, 3.63) is 38.1 Å². The number of halogens is 2. The Bertz CT molecular complexity index is 589. The van der Waals surface area contributed by atoms with E-state index >= 15 is 0 Å². The van der Waals surface area contributed by atoms with Crippen LogP contribution in [-0.2, 0) is 4.74 Å². The Morgan fingerprint density at radius 3 is 2.77 bits per heavy atom. The van der Waals surface area contributed by atoms with Crippen LogP contribution in [0.15, 0.2) is 32.7 Å². The van der Waals surface area contributed by atoms with Gasteiger partial charge in [-0.15, -0.1) is 0 Å². The molecule has 0 saturated carbocycles. The number of hydrogen-bond acceptors (Lipinski definition) is 6. The molecule has 22 heavy (non-hydrogen) atoms. The topological polar surface area (TPSA) is 119 Å². The van der Waals surface area contributed by atoms with Crippen molar-refractivity contribution in [2.45, 2.75) is 34.7 Å². The standard InChI is InChI=1S/C12H13BrClN3O4S/c13-5-1-2-6(14)8(3-5)22-12-11(20)9(16-17-15)10(19)7(4-18)21-12/h1-3,7,9-12,18-20H,4H2/t7-,9+,10+,11-,12-/m1/s1. The largest absolute Gasteiger partial charge is 0.394 e. The van der Waals surface area contributed by atoms with Crippen molar-refractivity contribution in [1.82, 2.24) is 0 Å². The smallest absolute Gasteiger partial charge is 0.134 e. The van der Waals surface area contributed by atoms with Crippen LogP contribution in [-0.4, -0.2) is 51.7 Å². The molecule has 0 bridgehead atoms.